The molecular weight excluding hydrogens is 306 g/mol. The zero-order valence-corrected chi connectivity index (χ0v) is 13.0. The van der Waals surface area contributed by atoms with Gasteiger partial charge in [0.05, 0.1) is 18.4 Å². The van der Waals surface area contributed by atoms with Crippen LogP contribution in [0.15, 0.2) is 29.4 Å². The molecule has 0 spiro atoms. The number of ether oxygens (including phenoxy) is 1. The normalized spacial score (nSPS) is 10.3. The molecule has 1 heterocycles. The second-order valence-electron chi connectivity index (χ2n) is 4.18. The molecule has 0 bridgehead atoms. The number of tetrazole rings is 1. The van der Waals surface area contributed by atoms with Crippen LogP contribution >= 0.6 is 11.8 Å². The van der Waals surface area contributed by atoms with Crippen molar-refractivity contribution in [2.24, 2.45) is 0 Å². The number of methoxy groups -OCH3 is 1. The Morgan fingerprint density at radius 2 is 2.05 bits per heavy atom. The largest absolute Gasteiger partial charge is 0.465 e. The van der Waals surface area contributed by atoms with Crippen LogP contribution in [-0.2, 0) is 16.1 Å². The number of amides is 1. The van der Waals surface area contributed by atoms with Crippen molar-refractivity contribution in [2.45, 2.75) is 18.6 Å². The number of thioether (sulfide) groups is 1. The highest BCUT2D eigenvalue weighted by Gasteiger charge is 2.10. The molecule has 0 atom stereocenters. The molecule has 116 valence electrons. The fourth-order valence-corrected chi connectivity index (χ4v) is 2.37. The third kappa shape index (κ3) is 4.04. The number of nitrogens with one attached hydrogen (secondary N) is 1. The van der Waals surface area contributed by atoms with Crippen LogP contribution < -0.4 is 5.32 Å². The lowest BCUT2D eigenvalue weighted by Gasteiger charge is -2.06. The molecule has 1 aromatic carbocycles. The number of esters is 1. The van der Waals surface area contributed by atoms with Gasteiger partial charge in [-0.05, 0) is 41.6 Å². The van der Waals surface area contributed by atoms with Crippen LogP contribution in [0, 0.1) is 0 Å². The van der Waals surface area contributed by atoms with Crippen molar-refractivity contribution in [2.75, 3.05) is 18.2 Å². The molecule has 0 saturated heterocycles. The quantitative estimate of drug-likeness (QED) is 0.630. The van der Waals surface area contributed by atoms with Gasteiger partial charge in [-0.3, -0.25) is 4.79 Å². The van der Waals surface area contributed by atoms with Gasteiger partial charge >= 0.3 is 5.97 Å². The second-order valence-corrected chi connectivity index (χ2v) is 5.13. The lowest BCUT2D eigenvalue weighted by molar-refractivity contribution is -0.113. The number of aromatic nitrogens is 4. The van der Waals surface area contributed by atoms with Crippen molar-refractivity contribution in [3.63, 3.8) is 0 Å². The predicted molar refractivity (Wildman–Crippen MR) is 80.6 cm³/mol. The fourth-order valence-electron chi connectivity index (χ4n) is 1.63. The van der Waals surface area contributed by atoms with E-state index in [1.54, 1.807) is 28.9 Å². The van der Waals surface area contributed by atoms with E-state index in [-0.39, 0.29) is 11.7 Å². The number of aryl methyl sites for hydroxylation is 1. The van der Waals surface area contributed by atoms with Crippen LogP contribution in [0.2, 0.25) is 0 Å². The molecule has 2 aromatic rings. The molecule has 0 saturated carbocycles. The van der Waals surface area contributed by atoms with Crippen LogP contribution in [0.1, 0.15) is 17.3 Å². The van der Waals surface area contributed by atoms with Gasteiger partial charge in [0, 0.05) is 12.2 Å². The van der Waals surface area contributed by atoms with Crippen LogP contribution in [-0.4, -0.2) is 44.9 Å². The van der Waals surface area contributed by atoms with E-state index in [2.05, 4.69) is 25.6 Å². The molecule has 8 nitrogen and oxygen atoms in total. The van der Waals surface area contributed by atoms with Crippen LogP contribution in [0.4, 0.5) is 5.69 Å². The highest BCUT2D eigenvalue weighted by Crippen LogP contribution is 2.15. The molecule has 22 heavy (non-hydrogen) atoms. The zero-order valence-electron chi connectivity index (χ0n) is 12.1. The highest BCUT2D eigenvalue weighted by molar-refractivity contribution is 7.99. The van der Waals surface area contributed by atoms with E-state index in [4.69, 9.17) is 0 Å². The first-order valence-electron chi connectivity index (χ1n) is 6.51. The SMILES string of the molecule is CCn1nnnc1SCC(=O)Nc1ccc(C(=O)OC)cc1. The van der Waals surface area contributed by atoms with Gasteiger partial charge in [-0.15, -0.1) is 5.10 Å². The molecule has 0 unspecified atom stereocenters. The Morgan fingerprint density at radius 3 is 2.68 bits per heavy atom. The average molecular weight is 321 g/mol. The van der Waals surface area contributed by atoms with Crippen LogP contribution in [0.3, 0.4) is 0 Å². The number of anilines is 1. The zero-order chi connectivity index (χ0) is 15.9. The minimum atomic E-state index is -0.417. The molecule has 9 heteroatoms. The maximum atomic E-state index is 11.9. The van der Waals surface area contributed by atoms with Crippen molar-refractivity contribution in [3.05, 3.63) is 29.8 Å². The van der Waals surface area contributed by atoms with Crippen molar-refractivity contribution in [1.82, 2.24) is 20.2 Å². The van der Waals surface area contributed by atoms with Crippen LogP contribution in [0.25, 0.3) is 0 Å². The fraction of sp³-hybridized carbons (Fsp3) is 0.308. The van der Waals surface area contributed by atoms with E-state index in [1.807, 2.05) is 6.92 Å². The third-order valence-corrected chi connectivity index (χ3v) is 3.68. The van der Waals surface area contributed by atoms with Gasteiger partial charge in [0.25, 0.3) is 0 Å². The minimum Gasteiger partial charge on any atom is -0.465 e. The van der Waals surface area contributed by atoms with Crippen molar-refractivity contribution in [3.8, 4) is 0 Å². The Hall–Kier alpha value is -2.42. The predicted octanol–water partition coefficient (Wildman–Crippen LogP) is 1.21. The van der Waals surface area contributed by atoms with Gasteiger partial charge in [0.2, 0.25) is 11.1 Å². The summed E-state index contributed by atoms with van der Waals surface area (Å²) in [7, 11) is 1.32. The molecule has 0 aliphatic heterocycles. The molecule has 2 rings (SSSR count). The number of benzene rings is 1. The number of carbonyl (C=O) groups is 2. The molecule has 1 aromatic heterocycles. The van der Waals surface area contributed by atoms with E-state index in [0.717, 1.165) is 0 Å². The summed E-state index contributed by atoms with van der Waals surface area (Å²) in [6.45, 7) is 2.56. The van der Waals surface area contributed by atoms with E-state index in [0.29, 0.717) is 23.0 Å². The Bertz CT molecular complexity index is 656. The number of hydrogen-bond donors (Lipinski definition) is 1. The van der Waals surface area contributed by atoms with E-state index in [1.165, 1.54) is 18.9 Å². The summed E-state index contributed by atoms with van der Waals surface area (Å²) >= 11 is 1.26. The Labute approximate surface area is 131 Å². The van der Waals surface area contributed by atoms with Crippen LogP contribution in [0.5, 0.6) is 0 Å². The second kappa shape index (κ2) is 7.55. The molecule has 1 amide bonds. The first-order valence-corrected chi connectivity index (χ1v) is 7.49. The first kappa shape index (κ1) is 16.0. The summed E-state index contributed by atoms with van der Waals surface area (Å²) in [5, 5.41) is 14.5. The van der Waals surface area contributed by atoms with Gasteiger partial charge < -0.3 is 10.1 Å². The molecule has 1 N–H and O–H groups in total. The number of hydrogen-bond acceptors (Lipinski definition) is 7. The number of rotatable bonds is 6. The van der Waals surface area contributed by atoms with E-state index < -0.39 is 5.97 Å². The van der Waals surface area contributed by atoms with Gasteiger partial charge in [0.15, 0.2) is 0 Å². The molecule has 0 aliphatic carbocycles. The summed E-state index contributed by atoms with van der Waals surface area (Å²) < 4.78 is 6.22. The molecule has 0 aliphatic rings. The van der Waals surface area contributed by atoms with Gasteiger partial charge in [-0.25, -0.2) is 9.48 Å². The molecule has 0 radical (unpaired) electrons. The summed E-state index contributed by atoms with van der Waals surface area (Å²) in [5.41, 5.74) is 1.03. The Morgan fingerprint density at radius 1 is 1.32 bits per heavy atom. The summed E-state index contributed by atoms with van der Waals surface area (Å²) in [6, 6.07) is 6.47. The first-order chi connectivity index (χ1) is 10.6. The van der Waals surface area contributed by atoms with Crippen molar-refractivity contribution < 1.29 is 14.3 Å². The topological polar surface area (TPSA) is 99.0 Å². The lowest BCUT2D eigenvalue weighted by atomic mass is 10.2. The standard InChI is InChI=1S/C13H15N5O3S/c1-3-18-13(15-16-17-18)22-8-11(19)14-10-6-4-9(5-7-10)12(20)21-2/h4-7H,3,8H2,1-2H3,(H,14,19). The average Bonchev–Trinajstić information content (AvgIpc) is 3.00. The maximum Gasteiger partial charge on any atom is 0.337 e. The van der Waals surface area contributed by atoms with Gasteiger partial charge in [-0.1, -0.05) is 11.8 Å². The van der Waals surface area contributed by atoms with E-state index in [9.17, 15) is 9.59 Å². The van der Waals surface area contributed by atoms with Crippen molar-refractivity contribution in [1.29, 1.82) is 0 Å². The van der Waals surface area contributed by atoms with Crippen molar-refractivity contribution >= 4 is 29.3 Å². The smallest absolute Gasteiger partial charge is 0.337 e. The Kier molecular flexibility index (Phi) is 5.48. The number of carbonyl (C=O) groups excluding carboxylic acids is 2. The minimum absolute atomic E-state index is 0.179. The highest BCUT2D eigenvalue weighted by atomic mass is 32.2. The third-order valence-electron chi connectivity index (χ3n) is 2.72. The summed E-state index contributed by atoms with van der Waals surface area (Å²) in [4.78, 5) is 23.2. The summed E-state index contributed by atoms with van der Waals surface area (Å²) in [6.07, 6.45) is 0. The van der Waals surface area contributed by atoms with E-state index >= 15 is 0 Å². The summed E-state index contributed by atoms with van der Waals surface area (Å²) in [5.74, 6) is -0.402. The van der Waals surface area contributed by atoms with Gasteiger partial charge in [0.1, 0.15) is 0 Å². The molecule has 0 fully saturated rings. The lowest BCUT2D eigenvalue weighted by Crippen LogP contribution is -2.15. The number of nitrogens with zero attached hydrogens (tertiary/aromatic N) is 4. The van der Waals surface area contributed by atoms with Gasteiger partial charge in [-0.2, -0.15) is 0 Å². The monoisotopic (exact) mass is 321 g/mol. The Balaban J connectivity index is 1.88. The maximum absolute atomic E-state index is 11.9. The molecular formula is C13H15N5O3S.